The number of nitrogens with one attached hydrogen (secondary N) is 1. The van der Waals surface area contributed by atoms with E-state index in [0.717, 1.165) is 19.4 Å². The number of rotatable bonds is 8. The molecule has 0 aromatic carbocycles. The topological polar surface area (TPSA) is 46.2 Å². The van der Waals surface area contributed by atoms with Crippen LogP contribution in [0.4, 0.5) is 0 Å². The van der Waals surface area contributed by atoms with Crippen molar-refractivity contribution in [3.05, 3.63) is 0 Å². The van der Waals surface area contributed by atoms with E-state index in [2.05, 4.69) is 30.9 Å². The summed E-state index contributed by atoms with van der Waals surface area (Å²) in [6, 6.07) is 0.331. The monoisotopic (exact) mass is 325 g/mol. The van der Waals surface area contributed by atoms with Gasteiger partial charge in [-0.15, -0.1) is 0 Å². The van der Waals surface area contributed by atoms with Gasteiger partial charge < -0.3 is 5.32 Å². The van der Waals surface area contributed by atoms with Gasteiger partial charge in [-0.2, -0.15) is 23.5 Å². The molecule has 0 aromatic rings. The molecule has 1 N–H and O–H groups in total. The highest BCUT2D eigenvalue weighted by Crippen LogP contribution is 2.36. The summed E-state index contributed by atoms with van der Waals surface area (Å²) in [6.07, 6.45) is 4.35. The second-order valence-corrected chi connectivity index (χ2v) is 10.0. The van der Waals surface area contributed by atoms with Crippen molar-refractivity contribution in [2.24, 2.45) is 0 Å². The van der Waals surface area contributed by atoms with Crippen LogP contribution in [0.2, 0.25) is 0 Å². The van der Waals surface area contributed by atoms with E-state index in [1.807, 2.05) is 11.8 Å². The van der Waals surface area contributed by atoms with Crippen LogP contribution < -0.4 is 5.32 Å². The first kappa shape index (κ1) is 17.7. The lowest BCUT2D eigenvalue weighted by molar-refractivity contribution is 0.467. The molecule has 0 aromatic heterocycles. The molecule has 3 nitrogen and oxygen atoms in total. The molecule has 1 heterocycles. The van der Waals surface area contributed by atoms with Crippen molar-refractivity contribution >= 4 is 33.4 Å². The molecule has 1 rings (SSSR count). The Morgan fingerprint density at radius 3 is 2.53 bits per heavy atom. The highest BCUT2D eigenvalue weighted by Gasteiger charge is 2.31. The van der Waals surface area contributed by atoms with E-state index in [1.165, 1.54) is 24.2 Å². The highest BCUT2D eigenvalue weighted by atomic mass is 32.2. The summed E-state index contributed by atoms with van der Waals surface area (Å²) in [5, 5.41) is 4.79. The maximum Gasteiger partial charge on any atom is 0.147 e. The first-order valence-electron chi connectivity index (χ1n) is 7.12. The number of sulfone groups is 1. The van der Waals surface area contributed by atoms with E-state index in [4.69, 9.17) is 0 Å². The Balaban J connectivity index is 2.64. The Morgan fingerprint density at radius 1 is 1.26 bits per heavy atom. The molecule has 1 aliphatic rings. The minimum absolute atomic E-state index is 0.298. The Kier molecular flexibility index (Phi) is 8.18. The zero-order valence-corrected chi connectivity index (χ0v) is 14.7. The summed E-state index contributed by atoms with van der Waals surface area (Å²) in [6.45, 7) is 5.37. The van der Waals surface area contributed by atoms with Crippen LogP contribution in [0.15, 0.2) is 0 Å². The molecule has 1 fully saturated rings. The van der Waals surface area contributed by atoms with Crippen LogP contribution in [0.3, 0.4) is 0 Å². The second-order valence-electron chi connectivity index (χ2n) is 5.13. The van der Waals surface area contributed by atoms with Gasteiger partial charge in [0.15, 0.2) is 0 Å². The van der Waals surface area contributed by atoms with Crippen LogP contribution in [0.25, 0.3) is 0 Å². The third kappa shape index (κ3) is 6.74. The quantitative estimate of drug-likeness (QED) is 0.742. The molecule has 19 heavy (non-hydrogen) atoms. The van der Waals surface area contributed by atoms with Gasteiger partial charge in [0.2, 0.25) is 0 Å². The van der Waals surface area contributed by atoms with Crippen molar-refractivity contribution in [1.82, 2.24) is 5.32 Å². The van der Waals surface area contributed by atoms with Gasteiger partial charge in [0, 0.05) is 34.3 Å². The molecule has 114 valence electrons. The maximum atomic E-state index is 11.4. The molecule has 0 spiro atoms. The average Bonchev–Trinajstić information content (AvgIpc) is 2.38. The first-order valence-corrected chi connectivity index (χ1v) is 11.3. The summed E-state index contributed by atoms with van der Waals surface area (Å²) in [4.78, 5) is 0. The van der Waals surface area contributed by atoms with Crippen molar-refractivity contribution in [2.75, 3.05) is 30.1 Å². The van der Waals surface area contributed by atoms with E-state index in [9.17, 15) is 8.42 Å². The normalized spacial score (nSPS) is 26.3. The lowest BCUT2D eigenvalue weighted by Crippen LogP contribution is -2.46. The summed E-state index contributed by atoms with van der Waals surface area (Å²) in [7, 11) is -2.86. The minimum atomic E-state index is -2.86. The molecule has 3 unspecified atom stereocenters. The largest absolute Gasteiger partial charge is 0.313 e. The van der Waals surface area contributed by atoms with Crippen molar-refractivity contribution in [2.45, 2.75) is 49.7 Å². The zero-order valence-electron chi connectivity index (χ0n) is 12.2. The van der Waals surface area contributed by atoms with Gasteiger partial charge in [0.05, 0.1) is 5.75 Å². The predicted molar refractivity (Wildman–Crippen MR) is 89.2 cm³/mol. The Morgan fingerprint density at radius 2 is 1.95 bits per heavy atom. The fourth-order valence-corrected chi connectivity index (χ4v) is 6.35. The fraction of sp³-hybridized carbons (Fsp3) is 1.00. The fourth-order valence-electron chi connectivity index (χ4n) is 2.36. The lowest BCUT2D eigenvalue weighted by atomic mass is 10.1. The lowest BCUT2D eigenvalue weighted by Gasteiger charge is -2.36. The summed E-state index contributed by atoms with van der Waals surface area (Å²) >= 11 is 4.08. The molecule has 6 heteroatoms. The smallest absolute Gasteiger partial charge is 0.147 e. The third-order valence-corrected chi connectivity index (χ3v) is 7.73. The standard InChI is InChI=1S/C13H27NO2S3/c1-4-7-14-11(6-10-19(3,15)16)13-12(5-2)17-8-9-18-13/h11-14H,4-10H2,1-3H3. The molecule has 3 atom stereocenters. The van der Waals surface area contributed by atoms with Gasteiger partial charge in [-0.05, 0) is 25.8 Å². The van der Waals surface area contributed by atoms with Gasteiger partial charge >= 0.3 is 0 Å². The molecule has 1 saturated heterocycles. The van der Waals surface area contributed by atoms with Crippen molar-refractivity contribution in [1.29, 1.82) is 0 Å². The van der Waals surface area contributed by atoms with E-state index < -0.39 is 9.84 Å². The van der Waals surface area contributed by atoms with Gasteiger partial charge in [-0.25, -0.2) is 8.42 Å². The molecule has 0 aliphatic carbocycles. The van der Waals surface area contributed by atoms with Crippen molar-refractivity contribution in [3.63, 3.8) is 0 Å². The van der Waals surface area contributed by atoms with E-state index in [1.54, 1.807) is 0 Å². The highest BCUT2D eigenvalue weighted by molar-refractivity contribution is 8.07. The maximum absolute atomic E-state index is 11.4. The third-order valence-electron chi connectivity index (χ3n) is 3.35. The molecule has 1 aliphatic heterocycles. The molecule has 0 bridgehead atoms. The van der Waals surface area contributed by atoms with Gasteiger partial charge in [0.1, 0.15) is 9.84 Å². The number of thioether (sulfide) groups is 2. The van der Waals surface area contributed by atoms with Crippen LogP contribution >= 0.6 is 23.5 Å². The predicted octanol–water partition coefficient (Wildman–Crippen LogP) is 2.42. The van der Waals surface area contributed by atoms with Crippen LogP contribution in [-0.4, -0.2) is 55.0 Å². The Bertz CT molecular complexity index is 346. The summed E-state index contributed by atoms with van der Waals surface area (Å²) in [5.41, 5.74) is 0. The van der Waals surface area contributed by atoms with Crippen LogP contribution in [0, 0.1) is 0 Å². The number of hydrogen-bond donors (Lipinski definition) is 1. The van der Waals surface area contributed by atoms with E-state index >= 15 is 0 Å². The Hall–Kier alpha value is 0.610. The molecular formula is C13H27NO2S3. The molecule has 0 amide bonds. The molecular weight excluding hydrogens is 298 g/mol. The SMILES string of the molecule is CCCNC(CCS(C)(=O)=O)C1SCCSC1CC. The van der Waals surface area contributed by atoms with Gasteiger partial charge in [0.25, 0.3) is 0 Å². The molecule has 0 radical (unpaired) electrons. The van der Waals surface area contributed by atoms with Crippen LogP contribution in [-0.2, 0) is 9.84 Å². The first-order chi connectivity index (χ1) is 8.98. The van der Waals surface area contributed by atoms with Gasteiger partial charge in [-0.3, -0.25) is 0 Å². The zero-order chi connectivity index (χ0) is 14.3. The van der Waals surface area contributed by atoms with E-state index in [0.29, 0.717) is 22.3 Å². The van der Waals surface area contributed by atoms with Crippen molar-refractivity contribution in [3.8, 4) is 0 Å². The summed E-state index contributed by atoms with van der Waals surface area (Å²) < 4.78 is 22.8. The van der Waals surface area contributed by atoms with Crippen LogP contribution in [0.1, 0.15) is 33.1 Å². The Labute approximate surface area is 127 Å². The van der Waals surface area contributed by atoms with E-state index in [-0.39, 0.29) is 0 Å². The molecule has 0 saturated carbocycles. The summed E-state index contributed by atoms with van der Waals surface area (Å²) in [5.74, 6) is 2.72. The van der Waals surface area contributed by atoms with Crippen molar-refractivity contribution < 1.29 is 8.42 Å². The minimum Gasteiger partial charge on any atom is -0.313 e. The number of hydrogen-bond acceptors (Lipinski definition) is 5. The van der Waals surface area contributed by atoms with Gasteiger partial charge in [-0.1, -0.05) is 13.8 Å². The average molecular weight is 326 g/mol. The van der Waals surface area contributed by atoms with Crippen LogP contribution in [0.5, 0.6) is 0 Å². The second kappa shape index (κ2) is 8.80.